The van der Waals surface area contributed by atoms with Gasteiger partial charge in [-0.1, -0.05) is 46.2 Å². The number of ketones is 1. The molecule has 0 radical (unpaired) electrons. The third kappa shape index (κ3) is 8.29. The van der Waals surface area contributed by atoms with Gasteiger partial charge in [-0.15, -0.1) is 0 Å². The molecule has 8 N–H and O–H groups in total. The summed E-state index contributed by atoms with van der Waals surface area (Å²) < 4.78 is 0. The molecule has 2 aromatic rings. The van der Waals surface area contributed by atoms with Gasteiger partial charge in [-0.3, -0.25) is 19.2 Å². The number of phenolic OH excluding ortho intramolecular Hbond substituents is 1. The van der Waals surface area contributed by atoms with Crippen LogP contribution in [0.1, 0.15) is 64.6 Å². The number of aliphatic hydroxyl groups is 1. The molecule has 1 aromatic carbocycles. The largest absolute Gasteiger partial charge is 0.508 e. The Balaban J connectivity index is 1.84. The summed E-state index contributed by atoms with van der Waals surface area (Å²) in [5.74, 6) is -5.69. The van der Waals surface area contributed by atoms with E-state index >= 15 is 0 Å². The summed E-state index contributed by atoms with van der Waals surface area (Å²) in [5, 5.41) is 35.9. The van der Waals surface area contributed by atoms with Crippen molar-refractivity contribution in [2.45, 2.75) is 96.0 Å². The first-order valence-corrected chi connectivity index (χ1v) is 15.7. The predicted octanol–water partition coefficient (Wildman–Crippen LogP) is 0.665. The second kappa shape index (κ2) is 15.8. The monoisotopic (exact) mass is 642 g/mol. The van der Waals surface area contributed by atoms with Crippen LogP contribution in [0.5, 0.6) is 5.75 Å². The van der Waals surface area contributed by atoms with E-state index < -0.39 is 65.2 Å². The van der Waals surface area contributed by atoms with Crippen LogP contribution in [0.15, 0.2) is 36.8 Å². The van der Waals surface area contributed by atoms with Crippen LogP contribution >= 0.6 is 0 Å². The van der Waals surface area contributed by atoms with E-state index in [2.05, 4.69) is 20.6 Å². The Morgan fingerprint density at radius 3 is 2.30 bits per heavy atom. The topological polar surface area (TPSA) is 228 Å². The van der Waals surface area contributed by atoms with Crippen LogP contribution in [-0.2, 0) is 36.8 Å². The highest BCUT2D eigenvalue weighted by Crippen LogP contribution is 2.30. The van der Waals surface area contributed by atoms with Gasteiger partial charge in [0.15, 0.2) is 5.78 Å². The predicted molar refractivity (Wildman–Crippen MR) is 167 cm³/mol. The number of hydrogen-bond acceptors (Lipinski definition) is 9. The quantitative estimate of drug-likeness (QED) is 0.127. The molecule has 3 rings (SSSR count). The third-order valence-corrected chi connectivity index (χ3v) is 8.97. The summed E-state index contributed by atoms with van der Waals surface area (Å²) in [6.45, 7) is 6.87. The number of nitrogens with zero attached hydrogens (tertiary/aromatic N) is 2. The van der Waals surface area contributed by atoms with Crippen molar-refractivity contribution in [2.75, 3.05) is 6.54 Å². The lowest BCUT2D eigenvalue weighted by Crippen LogP contribution is -2.62. The first-order chi connectivity index (χ1) is 21.7. The van der Waals surface area contributed by atoms with Gasteiger partial charge in [0.05, 0.1) is 24.1 Å². The summed E-state index contributed by atoms with van der Waals surface area (Å²) >= 11 is 0. The number of hydrogen-bond donors (Lipinski definition) is 7. The van der Waals surface area contributed by atoms with E-state index in [0.717, 1.165) is 0 Å². The smallest absolute Gasteiger partial charge is 0.343 e. The summed E-state index contributed by atoms with van der Waals surface area (Å²) in [6.07, 6.45) is 4.35. The lowest BCUT2D eigenvalue weighted by atomic mass is 9.80. The number of aromatic hydroxyl groups is 1. The molecule has 1 aliphatic heterocycles. The number of aromatic nitrogens is 2. The fraction of sp³-hybridized carbons (Fsp3) is 0.562. The number of nitrogens with one attached hydrogen (secondary N) is 3. The molecule has 1 fully saturated rings. The van der Waals surface area contributed by atoms with E-state index in [0.29, 0.717) is 24.1 Å². The highest BCUT2D eigenvalue weighted by molar-refractivity contribution is 6.10. The minimum atomic E-state index is -2.69. The van der Waals surface area contributed by atoms with Crippen LogP contribution in [-0.4, -0.2) is 96.0 Å². The SMILES string of the molecule is CCC(C)C(O)(C(=O)O)C(=O)[C@@H]1CCCN1C(=O)[C@H](Cc1c[nH]cn1)NC(=O)[C@@H](NC(=O)[C@@H](N)Cc1ccc(O)cc1)[C@@H](C)CC. The van der Waals surface area contributed by atoms with Crippen molar-refractivity contribution >= 4 is 29.5 Å². The average molecular weight is 643 g/mol. The summed E-state index contributed by atoms with van der Waals surface area (Å²) in [7, 11) is 0. The number of H-pyrrole nitrogens is 1. The molecule has 252 valence electrons. The highest BCUT2D eigenvalue weighted by atomic mass is 16.4. The number of nitrogens with two attached hydrogens (primary N) is 1. The summed E-state index contributed by atoms with van der Waals surface area (Å²) in [4.78, 5) is 74.8. The molecule has 1 saturated heterocycles. The number of carbonyl (C=O) groups excluding carboxylic acids is 4. The second-order valence-electron chi connectivity index (χ2n) is 12.1. The average Bonchev–Trinajstić information content (AvgIpc) is 3.75. The number of carboxylic acids is 1. The molecule has 46 heavy (non-hydrogen) atoms. The molecular weight excluding hydrogens is 596 g/mol. The van der Waals surface area contributed by atoms with E-state index in [4.69, 9.17) is 5.73 Å². The Labute approximate surface area is 268 Å². The number of aliphatic carboxylic acids is 1. The number of benzene rings is 1. The van der Waals surface area contributed by atoms with Crippen LogP contribution in [0.4, 0.5) is 0 Å². The van der Waals surface area contributed by atoms with Crippen molar-refractivity contribution in [3.63, 3.8) is 0 Å². The second-order valence-corrected chi connectivity index (χ2v) is 12.1. The number of likely N-dealkylation sites (tertiary alicyclic amines) is 1. The van der Waals surface area contributed by atoms with Gasteiger partial charge < -0.3 is 41.6 Å². The van der Waals surface area contributed by atoms with Crippen LogP contribution in [0, 0.1) is 11.8 Å². The van der Waals surface area contributed by atoms with E-state index in [9.17, 15) is 39.3 Å². The van der Waals surface area contributed by atoms with Crippen molar-refractivity contribution in [3.05, 3.63) is 48.0 Å². The van der Waals surface area contributed by atoms with Crippen LogP contribution < -0.4 is 16.4 Å². The Morgan fingerprint density at radius 1 is 1.07 bits per heavy atom. The maximum atomic E-state index is 14.0. The third-order valence-electron chi connectivity index (χ3n) is 8.97. The Kier molecular flexibility index (Phi) is 12.4. The number of carboxylic acid groups (broad SMARTS) is 1. The zero-order valence-corrected chi connectivity index (χ0v) is 26.7. The molecule has 0 saturated carbocycles. The molecule has 0 aliphatic carbocycles. The number of imidazole rings is 1. The molecule has 0 spiro atoms. The fourth-order valence-corrected chi connectivity index (χ4v) is 5.63. The van der Waals surface area contributed by atoms with Crippen molar-refractivity contribution in [2.24, 2.45) is 17.6 Å². The molecule has 0 bridgehead atoms. The number of rotatable bonds is 16. The molecule has 1 aliphatic rings. The molecule has 7 atom stereocenters. The highest BCUT2D eigenvalue weighted by Gasteiger charge is 2.53. The van der Waals surface area contributed by atoms with Crippen molar-refractivity contribution < 1.29 is 39.3 Å². The number of aromatic amines is 1. The van der Waals surface area contributed by atoms with Crippen LogP contribution in [0.25, 0.3) is 0 Å². The van der Waals surface area contributed by atoms with E-state index in [1.165, 1.54) is 30.3 Å². The Hall–Kier alpha value is -4.30. The maximum Gasteiger partial charge on any atom is 0.343 e. The van der Waals surface area contributed by atoms with Crippen LogP contribution in [0.2, 0.25) is 0 Å². The number of Topliss-reactive ketones (excluding diaryl/α,β-unsaturated/α-hetero) is 1. The van der Waals surface area contributed by atoms with Gasteiger partial charge in [0.25, 0.3) is 0 Å². The minimum absolute atomic E-state index is 0.0540. The zero-order valence-electron chi connectivity index (χ0n) is 26.7. The lowest BCUT2D eigenvalue weighted by Gasteiger charge is -2.35. The van der Waals surface area contributed by atoms with Crippen LogP contribution in [0.3, 0.4) is 0 Å². The van der Waals surface area contributed by atoms with Gasteiger partial charge in [-0.2, -0.15) is 0 Å². The van der Waals surface area contributed by atoms with Gasteiger partial charge >= 0.3 is 5.97 Å². The van der Waals surface area contributed by atoms with Gasteiger partial charge in [-0.25, -0.2) is 9.78 Å². The van der Waals surface area contributed by atoms with E-state index in [1.807, 2.05) is 6.92 Å². The van der Waals surface area contributed by atoms with Gasteiger partial charge in [0, 0.05) is 25.1 Å². The Bertz CT molecular complexity index is 1370. The molecule has 2 heterocycles. The lowest BCUT2D eigenvalue weighted by molar-refractivity contribution is -0.174. The molecular formula is C32H46N6O8. The van der Waals surface area contributed by atoms with Crippen molar-refractivity contribution in [1.29, 1.82) is 0 Å². The molecule has 14 heteroatoms. The normalized spacial score (nSPS) is 19.3. The van der Waals surface area contributed by atoms with E-state index in [-0.39, 0.29) is 43.9 Å². The Morgan fingerprint density at radius 2 is 1.74 bits per heavy atom. The van der Waals surface area contributed by atoms with Crippen molar-refractivity contribution in [1.82, 2.24) is 25.5 Å². The zero-order chi connectivity index (χ0) is 34.2. The van der Waals surface area contributed by atoms with E-state index in [1.54, 1.807) is 32.2 Å². The summed E-state index contributed by atoms with van der Waals surface area (Å²) in [5.41, 5.74) is 4.63. The fourth-order valence-electron chi connectivity index (χ4n) is 5.63. The van der Waals surface area contributed by atoms with Crippen molar-refractivity contribution in [3.8, 4) is 5.75 Å². The molecule has 14 nitrogen and oxygen atoms in total. The minimum Gasteiger partial charge on any atom is -0.508 e. The number of amides is 3. The number of carbonyl (C=O) groups is 5. The first kappa shape index (κ1) is 36.2. The maximum absolute atomic E-state index is 14.0. The standard InChI is InChI=1S/C32H46N6O8/c1-5-18(3)26(37-28(41)23(33)14-20-9-11-22(39)12-10-20)29(42)36-24(15-21-16-34-17-35-21)30(43)38-13-7-8-25(38)27(40)32(46,31(44)45)19(4)6-2/h9-12,16-19,23-26,39,46H,5-8,13-15,33H2,1-4H3,(H,34,35)(H,36,42)(H,37,41)(H,44,45)/t18-,19?,23-,24-,25-,26-,32?/m0/s1. The first-order valence-electron chi connectivity index (χ1n) is 15.7. The van der Waals surface area contributed by atoms with Gasteiger partial charge in [-0.05, 0) is 49.3 Å². The van der Waals surface area contributed by atoms with Gasteiger partial charge in [0.1, 0.15) is 17.8 Å². The molecule has 1 aromatic heterocycles. The van der Waals surface area contributed by atoms with Gasteiger partial charge in [0.2, 0.25) is 23.3 Å². The molecule has 2 unspecified atom stereocenters. The molecule has 3 amide bonds. The summed E-state index contributed by atoms with van der Waals surface area (Å²) in [6, 6.07) is 1.76. The number of phenols is 1.